The summed E-state index contributed by atoms with van der Waals surface area (Å²) in [6, 6.07) is 19.7. The van der Waals surface area contributed by atoms with Crippen molar-refractivity contribution in [1.82, 2.24) is 4.57 Å². The Labute approximate surface area is 224 Å². The largest absolute Gasteiger partial charge is 0.519 e. The lowest BCUT2D eigenvalue weighted by Crippen LogP contribution is -2.77. The van der Waals surface area contributed by atoms with Gasteiger partial charge in [0.2, 0.25) is 0 Å². The molecule has 10 heteroatoms. The summed E-state index contributed by atoms with van der Waals surface area (Å²) in [5, 5.41) is 10.6. The van der Waals surface area contributed by atoms with Gasteiger partial charge in [-0.1, -0.05) is 48.0 Å². The van der Waals surface area contributed by atoms with E-state index in [2.05, 4.69) is 4.99 Å². The van der Waals surface area contributed by atoms with E-state index in [0.29, 0.717) is 28.2 Å². The third kappa shape index (κ3) is 3.78. The first-order chi connectivity index (χ1) is 18.6. The number of carbonyl (C=O) groups excluding carboxylic acids is 1. The quantitative estimate of drug-likeness (QED) is 0.294. The van der Waals surface area contributed by atoms with Gasteiger partial charge in [-0.3, -0.25) is 4.79 Å². The van der Waals surface area contributed by atoms with Crippen molar-refractivity contribution in [3.05, 3.63) is 111 Å². The lowest BCUT2D eigenvalue weighted by molar-refractivity contribution is -0.724. The van der Waals surface area contributed by atoms with Gasteiger partial charge in [0.25, 0.3) is 0 Å². The molecular formula is C29H25N3O6S+2. The monoisotopic (exact) mass is 543 g/mol. The van der Waals surface area contributed by atoms with Crippen molar-refractivity contribution in [3.63, 3.8) is 0 Å². The predicted octanol–water partition coefficient (Wildman–Crippen LogP) is 1.15. The van der Waals surface area contributed by atoms with Crippen molar-refractivity contribution in [1.29, 1.82) is 0 Å². The fraction of sp³-hybridized carbons (Fsp3) is 0.172. The Balaban J connectivity index is 1.47. The minimum Gasteiger partial charge on any atom is -0.434 e. The number of ketones is 1. The molecule has 3 aromatic carbocycles. The smallest absolute Gasteiger partial charge is 0.434 e. The summed E-state index contributed by atoms with van der Waals surface area (Å²) in [5.41, 5.74) is 3.39. The highest BCUT2D eigenvalue weighted by atomic mass is 32.2. The van der Waals surface area contributed by atoms with Gasteiger partial charge in [-0.15, -0.1) is 9.13 Å². The van der Waals surface area contributed by atoms with Gasteiger partial charge in [0.05, 0.1) is 0 Å². The first-order valence-electron chi connectivity index (χ1n) is 12.3. The average Bonchev–Trinajstić information content (AvgIpc) is 3.22. The SMILES string of the molecule is Cc1ccc(S(=O)(=O)Oc2ccc(C3c4c([n+](C)c(O)n(C)c4=O)[NH+]=C4c5ccccc5C(=O)C43)cc2)cc1. The molecule has 0 fully saturated rings. The zero-order valence-electron chi connectivity index (χ0n) is 21.4. The molecule has 2 N–H and O–H groups in total. The number of fused-ring (bicyclic) bond motifs is 4. The first kappa shape index (κ1) is 24.7. The Hall–Kier alpha value is -4.57. The molecule has 0 saturated carbocycles. The Kier molecular flexibility index (Phi) is 5.55. The molecule has 0 bridgehead atoms. The highest BCUT2D eigenvalue weighted by Crippen LogP contribution is 2.42. The summed E-state index contributed by atoms with van der Waals surface area (Å²) in [5.74, 6) is -1.02. The van der Waals surface area contributed by atoms with Crippen LogP contribution in [-0.4, -0.2) is 29.6 Å². The molecule has 2 unspecified atom stereocenters. The number of hydrogen-bond donors (Lipinski definition) is 2. The second-order valence-corrected chi connectivity index (χ2v) is 11.4. The second-order valence-electron chi connectivity index (χ2n) is 9.81. The summed E-state index contributed by atoms with van der Waals surface area (Å²) < 4.78 is 33.5. The molecular weight excluding hydrogens is 518 g/mol. The fourth-order valence-electron chi connectivity index (χ4n) is 5.44. The van der Waals surface area contributed by atoms with E-state index in [1.54, 1.807) is 43.4 Å². The number of carbonyl (C=O) groups is 1. The van der Waals surface area contributed by atoms with Crippen LogP contribution in [0, 0.1) is 12.8 Å². The van der Waals surface area contributed by atoms with E-state index in [1.165, 1.54) is 35.9 Å². The number of rotatable bonds is 4. The minimum atomic E-state index is -4.05. The molecule has 4 aromatic rings. The van der Waals surface area contributed by atoms with Crippen molar-refractivity contribution in [2.45, 2.75) is 17.7 Å². The van der Waals surface area contributed by atoms with E-state index < -0.39 is 27.5 Å². The standard InChI is InChI=1S/C29H23N3O6S/c1-16-8-14-19(15-9-16)39(36,37)38-18-12-10-17(11-13-18)22-23-25(20-6-4-5-7-21(20)26(23)33)30-27-24(22)28(34)32(3)29(35)31(27)2/h4-15,22-23H,1-3H3/p+2. The molecule has 0 radical (unpaired) electrons. The highest BCUT2D eigenvalue weighted by Gasteiger charge is 2.52. The maximum Gasteiger partial charge on any atom is 0.519 e. The van der Waals surface area contributed by atoms with Crippen molar-refractivity contribution in [3.8, 4) is 11.8 Å². The van der Waals surface area contributed by atoms with Gasteiger partial charge in [-0.25, -0.2) is 9.79 Å². The summed E-state index contributed by atoms with van der Waals surface area (Å²) in [6.45, 7) is 1.86. The third-order valence-corrected chi connectivity index (χ3v) is 8.72. The normalized spacial score (nSPS) is 17.7. The van der Waals surface area contributed by atoms with Crippen LogP contribution in [0.4, 0.5) is 5.82 Å². The molecule has 0 saturated heterocycles. The average molecular weight is 544 g/mol. The van der Waals surface area contributed by atoms with E-state index in [-0.39, 0.29) is 22.4 Å². The zero-order chi connectivity index (χ0) is 27.6. The number of aromatic hydroxyl groups is 1. The molecule has 196 valence electrons. The number of hydrogen-bond acceptors (Lipinski definition) is 6. The number of aromatic nitrogens is 2. The van der Waals surface area contributed by atoms with Gasteiger partial charge >= 0.3 is 27.5 Å². The summed E-state index contributed by atoms with van der Waals surface area (Å²) in [6.07, 6.45) is 0. The summed E-state index contributed by atoms with van der Waals surface area (Å²) in [7, 11) is -0.953. The summed E-state index contributed by atoms with van der Waals surface area (Å²) >= 11 is 0. The molecule has 9 nitrogen and oxygen atoms in total. The molecule has 0 amide bonds. The number of nitrogens with one attached hydrogen (secondary N) is 1. The Morgan fingerprint density at radius 3 is 2.23 bits per heavy atom. The topological polar surface area (TPSA) is 121 Å². The van der Waals surface area contributed by atoms with Crippen LogP contribution in [0.15, 0.2) is 82.5 Å². The van der Waals surface area contributed by atoms with Crippen LogP contribution in [0.25, 0.3) is 0 Å². The predicted molar refractivity (Wildman–Crippen MR) is 141 cm³/mol. The van der Waals surface area contributed by atoms with E-state index in [1.807, 2.05) is 19.1 Å². The van der Waals surface area contributed by atoms with Gasteiger partial charge in [0, 0.05) is 17.0 Å². The molecule has 0 spiro atoms. The van der Waals surface area contributed by atoms with Crippen LogP contribution >= 0.6 is 0 Å². The van der Waals surface area contributed by atoms with E-state index in [4.69, 9.17) is 4.18 Å². The van der Waals surface area contributed by atoms with Crippen LogP contribution in [0.3, 0.4) is 0 Å². The van der Waals surface area contributed by atoms with Crippen LogP contribution in [0.2, 0.25) is 0 Å². The van der Waals surface area contributed by atoms with Gasteiger partial charge < -0.3 is 9.29 Å². The molecule has 6 rings (SSSR count). The first-order valence-corrected chi connectivity index (χ1v) is 13.7. The molecule has 1 aliphatic carbocycles. The van der Waals surface area contributed by atoms with Crippen LogP contribution in [0.1, 0.15) is 38.5 Å². The third-order valence-electron chi connectivity index (χ3n) is 7.45. The lowest BCUT2D eigenvalue weighted by Gasteiger charge is -2.24. The van der Waals surface area contributed by atoms with Crippen molar-refractivity contribution in [2.75, 3.05) is 0 Å². The number of Topliss-reactive ketones (excluding diaryl/α,β-unsaturated/α-hetero) is 1. The van der Waals surface area contributed by atoms with E-state index >= 15 is 0 Å². The van der Waals surface area contributed by atoms with Crippen molar-refractivity contribution >= 4 is 27.4 Å². The molecule has 1 aromatic heterocycles. The van der Waals surface area contributed by atoms with Gasteiger partial charge in [-0.2, -0.15) is 8.42 Å². The van der Waals surface area contributed by atoms with E-state index in [0.717, 1.165) is 15.7 Å². The molecule has 1 aliphatic heterocycles. The second kappa shape index (κ2) is 8.74. The molecule has 39 heavy (non-hydrogen) atoms. The fourth-order valence-corrected chi connectivity index (χ4v) is 6.37. The highest BCUT2D eigenvalue weighted by molar-refractivity contribution is 7.87. The Morgan fingerprint density at radius 2 is 1.56 bits per heavy atom. The molecule has 2 aliphatic rings. The van der Waals surface area contributed by atoms with Crippen LogP contribution in [0.5, 0.6) is 11.8 Å². The zero-order valence-corrected chi connectivity index (χ0v) is 22.2. The Morgan fingerprint density at radius 1 is 0.923 bits per heavy atom. The number of benzene rings is 3. The number of aryl methyl sites for hydroxylation is 1. The van der Waals surface area contributed by atoms with Crippen LogP contribution in [-0.2, 0) is 24.2 Å². The maximum atomic E-state index is 13.7. The number of nitrogens with zero attached hydrogens (tertiary/aromatic N) is 2. The Bertz CT molecular complexity index is 1870. The van der Waals surface area contributed by atoms with Crippen LogP contribution < -0.4 is 19.3 Å². The van der Waals surface area contributed by atoms with E-state index in [9.17, 15) is 23.1 Å². The maximum absolute atomic E-state index is 13.7. The van der Waals surface area contributed by atoms with Gasteiger partial charge in [0.1, 0.15) is 36.4 Å². The molecule has 2 heterocycles. The van der Waals surface area contributed by atoms with Crippen molar-refractivity contribution in [2.24, 2.45) is 20.0 Å². The molecule has 2 atom stereocenters. The van der Waals surface area contributed by atoms with Gasteiger partial charge in [0.15, 0.2) is 11.3 Å². The van der Waals surface area contributed by atoms with Gasteiger partial charge in [-0.05, 0) is 42.8 Å². The lowest BCUT2D eigenvalue weighted by atomic mass is 9.76. The minimum absolute atomic E-state index is 0.0359. The summed E-state index contributed by atoms with van der Waals surface area (Å²) in [4.78, 5) is 30.5. The van der Waals surface area contributed by atoms with Crippen molar-refractivity contribution < 1.29 is 32.1 Å².